The maximum atomic E-state index is 11.9. The summed E-state index contributed by atoms with van der Waals surface area (Å²) in [5.41, 5.74) is -1.07. The van der Waals surface area contributed by atoms with Crippen molar-refractivity contribution >= 4 is 23.6 Å². The molecule has 5 nitrogen and oxygen atoms in total. The van der Waals surface area contributed by atoms with E-state index in [1.807, 2.05) is 13.2 Å². The monoisotopic (exact) mass is 291 g/mol. The topological polar surface area (TPSA) is 86.6 Å². The largest absolute Gasteiger partial charge is 0.481 e. The number of rotatable bonds is 8. The van der Waals surface area contributed by atoms with Crippen LogP contribution in [0.1, 0.15) is 34.1 Å². The Bertz CT molecular complexity index is 318. The molecule has 0 aromatic heterocycles. The molecule has 1 amide bonds. The normalized spacial score (nSPS) is 17.6. The zero-order valence-corrected chi connectivity index (χ0v) is 13.1. The van der Waals surface area contributed by atoms with Crippen LogP contribution in [0.4, 0.5) is 0 Å². The maximum Gasteiger partial charge on any atom is 0.310 e. The summed E-state index contributed by atoms with van der Waals surface area (Å²) in [6.07, 6.45) is 1.80. The van der Waals surface area contributed by atoms with Crippen LogP contribution >= 0.6 is 11.8 Å². The molecule has 3 N–H and O–H groups in total. The van der Waals surface area contributed by atoms with Crippen molar-refractivity contribution < 1.29 is 19.8 Å². The summed E-state index contributed by atoms with van der Waals surface area (Å²) < 4.78 is 0. The van der Waals surface area contributed by atoms with Crippen molar-refractivity contribution in [2.45, 2.75) is 45.4 Å². The number of hydrogen-bond donors (Lipinski definition) is 3. The molecule has 3 atom stereocenters. The third-order valence-corrected chi connectivity index (χ3v) is 4.88. The van der Waals surface area contributed by atoms with E-state index in [-0.39, 0.29) is 36.1 Å². The van der Waals surface area contributed by atoms with Crippen LogP contribution in [0.15, 0.2) is 0 Å². The fraction of sp³-hybridized carbons (Fsp3) is 0.846. The number of carbonyl (C=O) groups excluding carboxylic acids is 1. The molecule has 0 radical (unpaired) electrons. The van der Waals surface area contributed by atoms with E-state index in [1.54, 1.807) is 20.8 Å². The number of aliphatic hydroxyl groups excluding tert-OH is 1. The SMILES string of the molecule is CSC(CO)C(C)NC(=O)CC(C)(C(=O)O)C(C)C. The summed E-state index contributed by atoms with van der Waals surface area (Å²) in [5.74, 6) is -1.40. The smallest absolute Gasteiger partial charge is 0.310 e. The third-order valence-electron chi connectivity index (χ3n) is 3.72. The van der Waals surface area contributed by atoms with Crippen molar-refractivity contribution in [2.24, 2.45) is 11.3 Å². The number of carboxylic acids is 1. The zero-order valence-electron chi connectivity index (χ0n) is 12.3. The van der Waals surface area contributed by atoms with E-state index in [0.717, 1.165) is 0 Å². The van der Waals surface area contributed by atoms with Gasteiger partial charge in [-0.25, -0.2) is 0 Å². The first-order chi connectivity index (χ1) is 8.68. The minimum absolute atomic E-state index is 0.0248. The first-order valence-electron chi connectivity index (χ1n) is 6.35. The van der Waals surface area contributed by atoms with Crippen molar-refractivity contribution in [3.05, 3.63) is 0 Å². The molecule has 6 heteroatoms. The highest BCUT2D eigenvalue weighted by Gasteiger charge is 2.39. The Labute approximate surface area is 119 Å². The number of aliphatic hydroxyl groups is 1. The molecule has 0 rings (SSSR count). The van der Waals surface area contributed by atoms with Gasteiger partial charge in [-0.3, -0.25) is 9.59 Å². The van der Waals surface area contributed by atoms with E-state index in [0.29, 0.717) is 0 Å². The van der Waals surface area contributed by atoms with E-state index in [1.165, 1.54) is 11.8 Å². The average molecular weight is 291 g/mol. The van der Waals surface area contributed by atoms with Crippen molar-refractivity contribution in [3.8, 4) is 0 Å². The van der Waals surface area contributed by atoms with Crippen LogP contribution < -0.4 is 5.32 Å². The van der Waals surface area contributed by atoms with Crippen molar-refractivity contribution in [1.82, 2.24) is 5.32 Å². The van der Waals surface area contributed by atoms with Crippen LogP contribution in [0.5, 0.6) is 0 Å². The molecule has 0 fully saturated rings. The average Bonchev–Trinajstić information content (AvgIpc) is 2.29. The molecule has 0 heterocycles. The molecular weight excluding hydrogens is 266 g/mol. The highest BCUT2D eigenvalue weighted by atomic mass is 32.2. The zero-order chi connectivity index (χ0) is 15.2. The summed E-state index contributed by atoms with van der Waals surface area (Å²) in [4.78, 5) is 23.3. The second-order valence-electron chi connectivity index (χ2n) is 5.37. The molecular formula is C13H25NO4S. The molecule has 19 heavy (non-hydrogen) atoms. The number of thioether (sulfide) groups is 1. The van der Waals surface area contributed by atoms with E-state index < -0.39 is 11.4 Å². The van der Waals surface area contributed by atoms with Gasteiger partial charge in [-0.05, 0) is 26.0 Å². The summed E-state index contributed by atoms with van der Waals surface area (Å²) >= 11 is 1.47. The minimum Gasteiger partial charge on any atom is -0.481 e. The Morgan fingerprint density at radius 3 is 2.16 bits per heavy atom. The number of hydrogen-bond acceptors (Lipinski definition) is 4. The van der Waals surface area contributed by atoms with Gasteiger partial charge in [0.1, 0.15) is 0 Å². The van der Waals surface area contributed by atoms with Gasteiger partial charge in [-0.2, -0.15) is 11.8 Å². The van der Waals surface area contributed by atoms with Crippen LogP contribution in [0.3, 0.4) is 0 Å². The highest BCUT2D eigenvalue weighted by Crippen LogP contribution is 2.31. The van der Waals surface area contributed by atoms with Gasteiger partial charge >= 0.3 is 5.97 Å². The number of nitrogens with one attached hydrogen (secondary N) is 1. The Morgan fingerprint density at radius 1 is 1.32 bits per heavy atom. The quantitative estimate of drug-likeness (QED) is 0.628. The van der Waals surface area contributed by atoms with Crippen LogP contribution in [0, 0.1) is 11.3 Å². The molecule has 0 bridgehead atoms. The predicted octanol–water partition coefficient (Wildman–Crippen LogP) is 1.35. The third kappa shape index (κ3) is 5.03. The second kappa shape index (κ2) is 7.75. The fourth-order valence-electron chi connectivity index (χ4n) is 1.69. The molecule has 0 aromatic rings. The van der Waals surface area contributed by atoms with Crippen LogP contribution in [-0.2, 0) is 9.59 Å². The van der Waals surface area contributed by atoms with Gasteiger partial charge in [-0.1, -0.05) is 13.8 Å². The van der Waals surface area contributed by atoms with Crippen molar-refractivity contribution in [1.29, 1.82) is 0 Å². The predicted molar refractivity (Wildman–Crippen MR) is 77.2 cm³/mol. The Balaban J connectivity index is 4.64. The standard InChI is InChI=1S/C13H25NO4S/c1-8(2)13(4,12(17)18)6-11(16)14-9(3)10(7-15)19-5/h8-10,15H,6-7H2,1-5H3,(H,14,16)(H,17,18). The summed E-state index contributed by atoms with van der Waals surface area (Å²) in [6, 6.07) is -0.197. The van der Waals surface area contributed by atoms with Gasteiger partial charge in [0.15, 0.2) is 0 Å². The van der Waals surface area contributed by atoms with E-state index >= 15 is 0 Å². The molecule has 112 valence electrons. The first-order valence-corrected chi connectivity index (χ1v) is 7.64. The Hall–Kier alpha value is -0.750. The number of carbonyl (C=O) groups is 2. The molecule has 0 saturated heterocycles. The van der Waals surface area contributed by atoms with E-state index in [4.69, 9.17) is 5.11 Å². The minimum atomic E-state index is -1.07. The van der Waals surface area contributed by atoms with Crippen LogP contribution in [-0.4, -0.2) is 46.2 Å². The summed E-state index contributed by atoms with van der Waals surface area (Å²) in [7, 11) is 0. The lowest BCUT2D eigenvalue weighted by Crippen LogP contribution is -2.45. The van der Waals surface area contributed by atoms with Crippen LogP contribution in [0.2, 0.25) is 0 Å². The lowest BCUT2D eigenvalue weighted by molar-refractivity contribution is -0.153. The lowest BCUT2D eigenvalue weighted by atomic mass is 9.76. The Kier molecular flexibility index (Phi) is 7.44. The van der Waals surface area contributed by atoms with E-state index in [2.05, 4.69) is 5.32 Å². The maximum absolute atomic E-state index is 11.9. The molecule has 0 aromatic carbocycles. The second-order valence-corrected chi connectivity index (χ2v) is 6.44. The number of amides is 1. The molecule has 0 saturated carbocycles. The lowest BCUT2D eigenvalue weighted by Gasteiger charge is -2.29. The molecule has 0 aliphatic rings. The van der Waals surface area contributed by atoms with Gasteiger partial charge in [-0.15, -0.1) is 0 Å². The molecule has 0 aliphatic carbocycles. The fourth-order valence-corrected chi connectivity index (χ4v) is 2.32. The molecule has 0 aliphatic heterocycles. The van der Waals surface area contributed by atoms with Gasteiger partial charge < -0.3 is 15.5 Å². The van der Waals surface area contributed by atoms with Gasteiger partial charge in [0.2, 0.25) is 5.91 Å². The van der Waals surface area contributed by atoms with Crippen LogP contribution in [0.25, 0.3) is 0 Å². The van der Waals surface area contributed by atoms with Gasteiger partial charge in [0.05, 0.1) is 12.0 Å². The highest BCUT2D eigenvalue weighted by molar-refractivity contribution is 7.99. The number of aliphatic carboxylic acids is 1. The molecule has 3 unspecified atom stereocenters. The van der Waals surface area contributed by atoms with Gasteiger partial charge in [0, 0.05) is 17.7 Å². The van der Waals surface area contributed by atoms with Crippen molar-refractivity contribution in [3.63, 3.8) is 0 Å². The first kappa shape index (κ1) is 18.2. The number of carboxylic acid groups (broad SMARTS) is 1. The van der Waals surface area contributed by atoms with Crippen molar-refractivity contribution in [2.75, 3.05) is 12.9 Å². The summed E-state index contributed by atoms with van der Waals surface area (Å²) in [5, 5.41) is 21.1. The molecule has 0 spiro atoms. The summed E-state index contributed by atoms with van der Waals surface area (Å²) in [6.45, 7) is 6.96. The Morgan fingerprint density at radius 2 is 1.84 bits per heavy atom. The van der Waals surface area contributed by atoms with E-state index in [9.17, 15) is 14.7 Å². The van der Waals surface area contributed by atoms with Gasteiger partial charge in [0.25, 0.3) is 0 Å².